The van der Waals surface area contributed by atoms with Crippen LogP contribution in [-0.4, -0.2) is 75.7 Å². The number of amides is 1. The molecule has 1 saturated heterocycles. The minimum Gasteiger partial charge on any atom is -0.381 e. The number of unbranched alkanes of at least 4 members (excludes halogenated alkanes) is 1. The quantitative estimate of drug-likeness (QED) is 0.476. The third-order valence-electron chi connectivity index (χ3n) is 5.19. The van der Waals surface area contributed by atoms with Gasteiger partial charge in [0, 0.05) is 47.4 Å². The van der Waals surface area contributed by atoms with Crippen molar-refractivity contribution in [1.29, 1.82) is 0 Å². The topological polar surface area (TPSA) is 57.2 Å². The smallest absolute Gasteiger partial charge is 0.243 e. The molecule has 1 rings (SSSR count). The van der Waals surface area contributed by atoms with Gasteiger partial charge in [-0.2, -0.15) is 0 Å². The number of carbonyl (C=O) groups is 1. The molecule has 0 saturated carbocycles. The number of carbonyl (C=O) groups excluding carboxylic acids is 1. The van der Waals surface area contributed by atoms with Gasteiger partial charge in [0.05, 0.1) is 0 Å². The van der Waals surface area contributed by atoms with E-state index in [2.05, 4.69) is 36.1 Å². The number of aliphatic imine (C=N–C) groups is 1. The highest BCUT2D eigenvalue weighted by Gasteiger charge is 2.18. The summed E-state index contributed by atoms with van der Waals surface area (Å²) in [4.78, 5) is 20.3. The lowest BCUT2D eigenvalue weighted by molar-refractivity contribution is -0.127. The number of nitrogens with zero attached hydrogens (tertiary/aromatic N) is 3. The Bertz CT molecular complexity index is 420. The van der Waals surface area contributed by atoms with Gasteiger partial charge in [-0.05, 0) is 31.1 Å². The molecule has 0 aliphatic carbocycles. The molecule has 6 nitrogen and oxygen atoms in total. The Morgan fingerprint density at radius 3 is 2.50 bits per heavy atom. The molecule has 1 atom stereocenters. The summed E-state index contributed by atoms with van der Waals surface area (Å²) in [5.74, 6) is 2.16. The fraction of sp³-hybridized carbons (Fsp3) is 0.900. The highest BCUT2D eigenvalue weighted by molar-refractivity contribution is 5.84. The lowest BCUT2D eigenvalue weighted by Gasteiger charge is -2.30. The Kier molecular flexibility index (Phi) is 11.3. The Balaban J connectivity index is 2.66. The maximum atomic E-state index is 12.0. The minimum absolute atomic E-state index is 0.0294. The van der Waals surface area contributed by atoms with Gasteiger partial charge in [-0.25, -0.2) is 4.99 Å². The van der Waals surface area contributed by atoms with E-state index in [1.165, 1.54) is 25.7 Å². The second-order valence-corrected chi connectivity index (χ2v) is 7.66. The van der Waals surface area contributed by atoms with Crippen molar-refractivity contribution in [3.05, 3.63) is 0 Å². The summed E-state index contributed by atoms with van der Waals surface area (Å²) in [6.45, 7) is 8.26. The van der Waals surface area contributed by atoms with E-state index in [4.69, 9.17) is 4.74 Å². The lowest BCUT2D eigenvalue weighted by Crippen LogP contribution is -2.44. The maximum absolute atomic E-state index is 12.0. The third kappa shape index (κ3) is 8.88. The maximum Gasteiger partial charge on any atom is 0.243 e. The van der Waals surface area contributed by atoms with E-state index >= 15 is 0 Å². The van der Waals surface area contributed by atoms with Crippen LogP contribution in [0.15, 0.2) is 4.99 Å². The summed E-state index contributed by atoms with van der Waals surface area (Å²) >= 11 is 0. The molecular formula is C20H40N4O2. The molecule has 0 aromatic rings. The summed E-state index contributed by atoms with van der Waals surface area (Å²) in [6, 6.07) is 0. The zero-order chi connectivity index (χ0) is 19.4. The second kappa shape index (κ2) is 13.0. The molecule has 0 spiro atoms. The van der Waals surface area contributed by atoms with Crippen molar-refractivity contribution in [2.24, 2.45) is 16.8 Å². The Morgan fingerprint density at radius 1 is 1.23 bits per heavy atom. The van der Waals surface area contributed by atoms with Crippen molar-refractivity contribution >= 4 is 11.9 Å². The largest absolute Gasteiger partial charge is 0.381 e. The molecule has 1 heterocycles. The average Bonchev–Trinajstić information content (AvgIpc) is 2.64. The van der Waals surface area contributed by atoms with Crippen molar-refractivity contribution < 1.29 is 9.53 Å². The molecule has 0 bridgehead atoms. The summed E-state index contributed by atoms with van der Waals surface area (Å²) < 4.78 is 5.46. The summed E-state index contributed by atoms with van der Waals surface area (Å²) in [7, 11) is 5.62. The predicted octanol–water partition coefficient (Wildman–Crippen LogP) is 2.60. The van der Waals surface area contributed by atoms with E-state index in [0.29, 0.717) is 11.8 Å². The molecule has 1 aliphatic rings. The van der Waals surface area contributed by atoms with Gasteiger partial charge in [-0.15, -0.1) is 0 Å². The zero-order valence-corrected chi connectivity index (χ0v) is 17.6. The van der Waals surface area contributed by atoms with Crippen LogP contribution in [0, 0.1) is 11.8 Å². The minimum atomic E-state index is 0.0294. The average molecular weight is 369 g/mol. The van der Waals surface area contributed by atoms with Gasteiger partial charge in [-0.3, -0.25) is 4.79 Å². The van der Waals surface area contributed by atoms with E-state index in [-0.39, 0.29) is 12.5 Å². The van der Waals surface area contributed by atoms with Gasteiger partial charge in [-0.1, -0.05) is 33.1 Å². The molecule has 1 aliphatic heterocycles. The number of rotatable bonds is 10. The number of guanidine groups is 1. The fourth-order valence-corrected chi connectivity index (χ4v) is 3.18. The lowest BCUT2D eigenvalue weighted by atomic mass is 9.99. The van der Waals surface area contributed by atoms with Crippen LogP contribution in [0.2, 0.25) is 0 Å². The first-order chi connectivity index (χ1) is 12.5. The van der Waals surface area contributed by atoms with E-state index in [9.17, 15) is 4.79 Å². The Morgan fingerprint density at radius 2 is 1.92 bits per heavy atom. The molecule has 26 heavy (non-hydrogen) atoms. The van der Waals surface area contributed by atoms with Crippen molar-refractivity contribution in [3.63, 3.8) is 0 Å². The molecule has 152 valence electrons. The summed E-state index contributed by atoms with van der Waals surface area (Å²) in [6.07, 6.45) is 7.11. The SMILES string of the molecule is CCCCC(CC)CNC(=NCC(=O)N(C)C)N(C)CC1CCOCC1. The predicted molar refractivity (Wildman–Crippen MR) is 108 cm³/mol. The van der Waals surface area contributed by atoms with Gasteiger partial charge in [0.25, 0.3) is 0 Å². The van der Waals surface area contributed by atoms with Gasteiger partial charge in [0.15, 0.2) is 5.96 Å². The first kappa shape index (κ1) is 22.7. The van der Waals surface area contributed by atoms with E-state index in [1.54, 1.807) is 19.0 Å². The molecule has 0 aromatic heterocycles. The van der Waals surface area contributed by atoms with E-state index in [0.717, 1.165) is 45.1 Å². The van der Waals surface area contributed by atoms with Crippen LogP contribution in [0.3, 0.4) is 0 Å². The standard InChI is InChI=1S/C20H40N4O2/c1-6-8-9-17(7-2)14-21-20(22-15-19(25)23(3)4)24(5)16-18-10-12-26-13-11-18/h17-18H,6-16H2,1-5H3,(H,21,22). The molecule has 0 radical (unpaired) electrons. The van der Waals surface area contributed by atoms with Gasteiger partial charge in [0.2, 0.25) is 5.91 Å². The van der Waals surface area contributed by atoms with Crippen LogP contribution in [0.1, 0.15) is 52.4 Å². The molecular weight excluding hydrogens is 328 g/mol. The van der Waals surface area contributed by atoms with Gasteiger partial charge < -0.3 is 19.9 Å². The number of likely N-dealkylation sites (N-methyl/N-ethyl adjacent to an activating group) is 1. The molecule has 1 amide bonds. The number of hydrogen-bond donors (Lipinski definition) is 1. The molecule has 6 heteroatoms. The Hall–Kier alpha value is -1.30. The van der Waals surface area contributed by atoms with E-state index in [1.807, 2.05) is 0 Å². The molecule has 1 N–H and O–H groups in total. The van der Waals surface area contributed by atoms with Crippen LogP contribution in [-0.2, 0) is 9.53 Å². The monoisotopic (exact) mass is 368 g/mol. The van der Waals surface area contributed by atoms with Crippen molar-refractivity contribution in [2.45, 2.75) is 52.4 Å². The van der Waals surface area contributed by atoms with Gasteiger partial charge in [0.1, 0.15) is 6.54 Å². The first-order valence-electron chi connectivity index (χ1n) is 10.2. The number of nitrogens with one attached hydrogen (secondary N) is 1. The van der Waals surface area contributed by atoms with Gasteiger partial charge >= 0.3 is 0 Å². The zero-order valence-electron chi connectivity index (χ0n) is 17.6. The molecule has 1 unspecified atom stereocenters. The summed E-state index contributed by atoms with van der Waals surface area (Å²) in [5, 5.41) is 3.54. The van der Waals surface area contributed by atoms with Crippen molar-refractivity contribution in [1.82, 2.24) is 15.1 Å². The van der Waals surface area contributed by atoms with Crippen molar-refractivity contribution in [3.8, 4) is 0 Å². The van der Waals surface area contributed by atoms with Crippen LogP contribution in [0.4, 0.5) is 0 Å². The van der Waals surface area contributed by atoms with Crippen LogP contribution >= 0.6 is 0 Å². The highest BCUT2D eigenvalue weighted by Crippen LogP contribution is 2.16. The van der Waals surface area contributed by atoms with E-state index < -0.39 is 0 Å². The summed E-state index contributed by atoms with van der Waals surface area (Å²) in [5.41, 5.74) is 0. The first-order valence-corrected chi connectivity index (χ1v) is 10.2. The van der Waals surface area contributed by atoms with Crippen LogP contribution in [0.5, 0.6) is 0 Å². The highest BCUT2D eigenvalue weighted by atomic mass is 16.5. The molecule has 1 fully saturated rings. The molecule has 0 aromatic carbocycles. The second-order valence-electron chi connectivity index (χ2n) is 7.66. The van der Waals surface area contributed by atoms with Crippen LogP contribution < -0.4 is 5.32 Å². The fourth-order valence-electron chi connectivity index (χ4n) is 3.18. The number of hydrogen-bond acceptors (Lipinski definition) is 3. The van der Waals surface area contributed by atoms with Crippen molar-refractivity contribution in [2.75, 3.05) is 54.0 Å². The van der Waals surface area contributed by atoms with Crippen LogP contribution in [0.25, 0.3) is 0 Å². The normalized spacial score (nSPS) is 17.0. The number of ether oxygens (including phenoxy) is 1. The Labute approximate surface area is 160 Å². The third-order valence-corrected chi connectivity index (χ3v) is 5.19.